The molecule has 23 heavy (non-hydrogen) atoms. The number of ether oxygens (including phenoxy) is 4. The van der Waals surface area contributed by atoms with Gasteiger partial charge >= 0.3 is 11.9 Å². The first-order valence-electron chi connectivity index (χ1n) is 7.34. The van der Waals surface area contributed by atoms with E-state index in [4.69, 9.17) is 18.9 Å². The number of benzene rings is 1. The van der Waals surface area contributed by atoms with Gasteiger partial charge in [-0.05, 0) is 19.9 Å². The van der Waals surface area contributed by atoms with E-state index in [2.05, 4.69) is 5.32 Å². The molecule has 1 aromatic rings. The van der Waals surface area contributed by atoms with Crippen molar-refractivity contribution in [3.8, 4) is 11.5 Å². The van der Waals surface area contributed by atoms with Gasteiger partial charge in [0.25, 0.3) is 0 Å². The second-order valence-corrected chi connectivity index (χ2v) is 4.50. The third-order valence-corrected chi connectivity index (χ3v) is 3.04. The highest BCUT2D eigenvalue weighted by molar-refractivity contribution is 5.99. The lowest BCUT2D eigenvalue weighted by Crippen LogP contribution is -2.45. The molecule has 0 atom stereocenters. The molecule has 1 N–H and O–H groups in total. The monoisotopic (exact) mass is 325 g/mol. The summed E-state index contributed by atoms with van der Waals surface area (Å²) in [5.41, 5.74) is 0.770. The van der Waals surface area contributed by atoms with Crippen LogP contribution in [-0.2, 0) is 25.6 Å². The Bertz CT molecular complexity index is 513. The number of hydrogen-bond donors (Lipinski definition) is 1. The summed E-state index contributed by atoms with van der Waals surface area (Å²) in [5, 5.41) is 2.85. The Kier molecular flexibility index (Phi) is 7.90. The van der Waals surface area contributed by atoms with Gasteiger partial charge in [0.05, 0.1) is 27.4 Å². The normalized spacial score (nSPS) is 10.3. The molecule has 1 rings (SSSR count). The predicted molar refractivity (Wildman–Crippen MR) is 83.4 cm³/mol. The SMILES string of the molecule is CCOC(=O)C(NCc1ccc(OC)cc1OC)C(=O)OCC. The highest BCUT2D eigenvalue weighted by atomic mass is 16.6. The fourth-order valence-corrected chi connectivity index (χ4v) is 1.92. The number of carbonyl (C=O) groups is 2. The van der Waals surface area contributed by atoms with Crippen LogP contribution in [0.4, 0.5) is 0 Å². The Labute approximate surface area is 135 Å². The average molecular weight is 325 g/mol. The van der Waals surface area contributed by atoms with Crippen LogP contribution in [0.2, 0.25) is 0 Å². The van der Waals surface area contributed by atoms with E-state index in [1.54, 1.807) is 39.2 Å². The Morgan fingerprint density at radius 2 is 1.65 bits per heavy atom. The van der Waals surface area contributed by atoms with Gasteiger partial charge in [0.2, 0.25) is 6.04 Å². The van der Waals surface area contributed by atoms with Gasteiger partial charge < -0.3 is 18.9 Å². The first-order chi connectivity index (χ1) is 11.1. The molecule has 0 aliphatic carbocycles. The summed E-state index contributed by atoms with van der Waals surface area (Å²) < 4.78 is 20.2. The van der Waals surface area contributed by atoms with Gasteiger partial charge in [-0.2, -0.15) is 0 Å². The highest BCUT2D eigenvalue weighted by Crippen LogP contribution is 2.24. The smallest absolute Gasteiger partial charge is 0.334 e. The number of rotatable bonds is 9. The maximum absolute atomic E-state index is 11.9. The summed E-state index contributed by atoms with van der Waals surface area (Å²) in [7, 11) is 3.09. The lowest BCUT2D eigenvalue weighted by atomic mass is 10.1. The van der Waals surface area contributed by atoms with E-state index in [9.17, 15) is 9.59 Å². The molecule has 0 aliphatic rings. The lowest BCUT2D eigenvalue weighted by molar-refractivity contribution is -0.158. The summed E-state index contributed by atoms with van der Waals surface area (Å²) in [4.78, 5) is 23.8. The summed E-state index contributed by atoms with van der Waals surface area (Å²) >= 11 is 0. The average Bonchev–Trinajstić information content (AvgIpc) is 2.55. The van der Waals surface area contributed by atoms with Crippen LogP contribution in [0.15, 0.2) is 18.2 Å². The lowest BCUT2D eigenvalue weighted by Gasteiger charge is -2.17. The van der Waals surface area contributed by atoms with Gasteiger partial charge in [0, 0.05) is 18.2 Å². The van der Waals surface area contributed by atoms with E-state index in [-0.39, 0.29) is 19.8 Å². The van der Waals surface area contributed by atoms with Crippen molar-refractivity contribution in [2.24, 2.45) is 0 Å². The van der Waals surface area contributed by atoms with E-state index in [1.807, 2.05) is 0 Å². The quantitative estimate of drug-likeness (QED) is 0.541. The third kappa shape index (κ3) is 5.45. The maximum Gasteiger partial charge on any atom is 0.334 e. The van der Waals surface area contributed by atoms with Crippen molar-refractivity contribution in [1.82, 2.24) is 5.32 Å². The molecule has 0 aliphatic heterocycles. The second-order valence-electron chi connectivity index (χ2n) is 4.50. The Morgan fingerprint density at radius 1 is 1.04 bits per heavy atom. The van der Waals surface area contributed by atoms with Crippen molar-refractivity contribution in [1.29, 1.82) is 0 Å². The van der Waals surface area contributed by atoms with E-state index in [0.29, 0.717) is 11.5 Å². The first kappa shape index (κ1) is 18.8. The molecule has 0 radical (unpaired) electrons. The Morgan fingerprint density at radius 3 is 2.13 bits per heavy atom. The molecule has 0 saturated carbocycles. The molecule has 0 fully saturated rings. The van der Waals surface area contributed by atoms with E-state index in [0.717, 1.165) is 5.56 Å². The molecule has 0 heterocycles. The van der Waals surface area contributed by atoms with Gasteiger partial charge in [-0.25, -0.2) is 9.59 Å². The minimum atomic E-state index is -1.18. The summed E-state index contributed by atoms with van der Waals surface area (Å²) in [6.45, 7) is 3.94. The molecule has 0 unspecified atom stereocenters. The molecule has 7 nitrogen and oxygen atoms in total. The molecule has 0 amide bonds. The van der Waals surface area contributed by atoms with Crippen molar-refractivity contribution >= 4 is 11.9 Å². The first-order valence-corrected chi connectivity index (χ1v) is 7.34. The molecule has 1 aromatic carbocycles. The van der Waals surface area contributed by atoms with Crippen LogP contribution in [0.1, 0.15) is 19.4 Å². The summed E-state index contributed by atoms with van der Waals surface area (Å²) in [6.07, 6.45) is 0. The van der Waals surface area contributed by atoms with Gasteiger partial charge in [-0.3, -0.25) is 5.32 Å². The minimum absolute atomic E-state index is 0.183. The van der Waals surface area contributed by atoms with Gasteiger partial charge in [-0.1, -0.05) is 6.07 Å². The number of carbonyl (C=O) groups excluding carboxylic acids is 2. The van der Waals surface area contributed by atoms with Crippen LogP contribution < -0.4 is 14.8 Å². The highest BCUT2D eigenvalue weighted by Gasteiger charge is 2.29. The van der Waals surface area contributed by atoms with E-state index < -0.39 is 18.0 Å². The maximum atomic E-state index is 11.9. The zero-order chi connectivity index (χ0) is 17.2. The zero-order valence-electron chi connectivity index (χ0n) is 13.9. The number of esters is 2. The van der Waals surface area contributed by atoms with Gasteiger partial charge in [0.15, 0.2) is 0 Å². The number of hydrogen-bond acceptors (Lipinski definition) is 7. The Hall–Kier alpha value is -2.28. The molecule has 0 spiro atoms. The topological polar surface area (TPSA) is 83.1 Å². The van der Waals surface area contributed by atoms with Crippen molar-refractivity contribution in [2.75, 3.05) is 27.4 Å². The number of nitrogens with one attached hydrogen (secondary N) is 1. The van der Waals surface area contributed by atoms with Gasteiger partial charge in [0.1, 0.15) is 11.5 Å². The largest absolute Gasteiger partial charge is 0.497 e. The summed E-state index contributed by atoms with van der Waals surface area (Å²) in [6, 6.07) is 4.10. The van der Waals surface area contributed by atoms with Crippen LogP contribution >= 0.6 is 0 Å². The molecular formula is C16H23NO6. The molecule has 128 valence electrons. The number of methoxy groups -OCH3 is 2. The molecule has 7 heteroatoms. The fourth-order valence-electron chi connectivity index (χ4n) is 1.92. The van der Waals surface area contributed by atoms with Crippen LogP contribution in [0.5, 0.6) is 11.5 Å². The van der Waals surface area contributed by atoms with E-state index in [1.165, 1.54) is 7.11 Å². The minimum Gasteiger partial charge on any atom is -0.497 e. The van der Waals surface area contributed by atoms with Crippen molar-refractivity contribution in [3.63, 3.8) is 0 Å². The molecule has 0 aromatic heterocycles. The second kappa shape index (κ2) is 9.68. The van der Waals surface area contributed by atoms with Crippen LogP contribution in [0, 0.1) is 0 Å². The Balaban J connectivity index is 2.85. The third-order valence-electron chi connectivity index (χ3n) is 3.04. The van der Waals surface area contributed by atoms with Crippen LogP contribution in [0.3, 0.4) is 0 Å². The fraction of sp³-hybridized carbons (Fsp3) is 0.500. The van der Waals surface area contributed by atoms with Crippen molar-refractivity contribution < 1.29 is 28.5 Å². The standard InChI is InChI=1S/C16H23NO6/c1-5-22-15(18)14(16(19)23-6-2)17-10-11-7-8-12(20-3)9-13(11)21-4/h7-9,14,17H,5-6,10H2,1-4H3. The molecule has 0 saturated heterocycles. The molecule has 0 bridgehead atoms. The van der Waals surface area contributed by atoms with E-state index >= 15 is 0 Å². The van der Waals surface area contributed by atoms with Crippen LogP contribution in [-0.4, -0.2) is 45.4 Å². The molecular weight excluding hydrogens is 302 g/mol. The van der Waals surface area contributed by atoms with Crippen molar-refractivity contribution in [3.05, 3.63) is 23.8 Å². The predicted octanol–water partition coefficient (Wildman–Crippen LogP) is 1.29. The van der Waals surface area contributed by atoms with Crippen LogP contribution in [0.25, 0.3) is 0 Å². The summed E-state index contributed by atoms with van der Waals surface area (Å²) in [5.74, 6) is -0.0990. The van der Waals surface area contributed by atoms with Crippen molar-refractivity contribution in [2.45, 2.75) is 26.4 Å². The zero-order valence-corrected chi connectivity index (χ0v) is 13.9. The van der Waals surface area contributed by atoms with Gasteiger partial charge in [-0.15, -0.1) is 0 Å².